The van der Waals surface area contributed by atoms with Crippen molar-refractivity contribution in [1.29, 1.82) is 0 Å². The second-order valence-corrected chi connectivity index (χ2v) is 7.10. The SMILES string of the molecule is O=C1C=CCC2(CCN(Cc3ccccc3)CC2)N1c1ccccc1. The lowest BCUT2D eigenvalue weighted by Crippen LogP contribution is -2.58. The number of amides is 1. The first kappa shape index (κ1) is 16.1. The number of hydrogen-bond acceptors (Lipinski definition) is 2. The van der Waals surface area contributed by atoms with E-state index in [9.17, 15) is 4.79 Å². The Bertz CT molecular complexity index is 746. The summed E-state index contributed by atoms with van der Waals surface area (Å²) in [6.45, 7) is 3.05. The van der Waals surface area contributed by atoms with Crippen molar-refractivity contribution in [2.24, 2.45) is 0 Å². The van der Waals surface area contributed by atoms with Crippen LogP contribution in [0, 0.1) is 0 Å². The second kappa shape index (κ2) is 6.85. The molecule has 128 valence electrons. The maximum absolute atomic E-state index is 12.7. The molecule has 3 heteroatoms. The summed E-state index contributed by atoms with van der Waals surface area (Å²) in [4.78, 5) is 17.2. The first-order valence-electron chi connectivity index (χ1n) is 9.09. The van der Waals surface area contributed by atoms with Gasteiger partial charge in [0, 0.05) is 25.3 Å². The van der Waals surface area contributed by atoms with Crippen molar-refractivity contribution in [2.45, 2.75) is 31.3 Å². The molecule has 0 aromatic heterocycles. The molecular formula is C22H24N2O. The lowest BCUT2D eigenvalue weighted by Gasteiger charge is -2.49. The maximum Gasteiger partial charge on any atom is 0.251 e. The monoisotopic (exact) mass is 332 g/mol. The van der Waals surface area contributed by atoms with Crippen LogP contribution in [-0.4, -0.2) is 29.4 Å². The van der Waals surface area contributed by atoms with E-state index in [1.54, 1.807) is 6.08 Å². The van der Waals surface area contributed by atoms with Crippen LogP contribution in [0.25, 0.3) is 0 Å². The molecule has 0 N–H and O–H groups in total. The van der Waals surface area contributed by atoms with Crippen LogP contribution in [-0.2, 0) is 11.3 Å². The molecule has 0 bridgehead atoms. The third-order valence-corrected chi connectivity index (χ3v) is 5.50. The Hall–Kier alpha value is -2.39. The minimum Gasteiger partial charge on any atom is -0.302 e. The topological polar surface area (TPSA) is 23.6 Å². The summed E-state index contributed by atoms with van der Waals surface area (Å²) in [5, 5.41) is 0. The lowest BCUT2D eigenvalue weighted by atomic mass is 9.80. The number of piperidine rings is 1. The number of nitrogens with zero attached hydrogens (tertiary/aromatic N) is 2. The van der Waals surface area contributed by atoms with E-state index >= 15 is 0 Å². The number of carbonyl (C=O) groups is 1. The normalized spacial score (nSPS) is 20.2. The van der Waals surface area contributed by atoms with E-state index in [1.165, 1.54) is 5.56 Å². The van der Waals surface area contributed by atoms with Crippen molar-refractivity contribution in [3.63, 3.8) is 0 Å². The van der Waals surface area contributed by atoms with Gasteiger partial charge in [-0.05, 0) is 43.0 Å². The molecule has 0 saturated carbocycles. The Morgan fingerprint density at radius 3 is 2.20 bits per heavy atom. The van der Waals surface area contributed by atoms with Crippen molar-refractivity contribution in [1.82, 2.24) is 4.90 Å². The zero-order valence-electron chi connectivity index (χ0n) is 14.5. The van der Waals surface area contributed by atoms with Gasteiger partial charge in [0.05, 0.1) is 5.54 Å². The molecule has 0 aliphatic carbocycles. The van der Waals surface area contributed by atoms with Gasteiger partial charge in [-0.15, -0.1) is 0 Å². The van der Waals surface area contributed by atoms with Crippen LogP contribution in [0.1, 0.15) is 24.8 Å². The molecule has 2 aromatic rings. The molecule has 1 fully saturated rings. The predicted octanol–water partition coefficient (Wildman–Crippen LogP) is 4.01. The summed E-state index contributed by atoms with van der Waals surface area (Å²) < 4.78 is 0. The van der Waals surface area contributed by atoms with Crippen LogP contribution >= 0.6 is 0 Å². The van der Waals surface area contributed by atoms with Gasteiger partial charge in [0.25, 0.3) is 5.91 Å². The number of carbonyl (C=O) groups excluding carboxylic acids is 1. The van der Waals surface area contributed by atoms with Gasteiger partial charge in [0.1, 0.15) is 0 Å². The summed E-state index contributed by atoms with van der Waals surface area (Å²) in [7, 11) is 0. The van der Waals surface area contributed by atoms with Gasteiger partial charge < -0.3 is 4.90 Å². The summed E-state index contributed by atoms with van der Waals surface area (Å²) in [5.74, 6) is 0.119. The minimum absolute atomic E-state index is 0.0691. The Morgan fingerprint density at radius 2 is 1.52 bits per heavy atom. The van der Waals surface area contributed by atoms with Gasteiger partial charge in [-0.25, -0.2) is 0 Å². The fourth-order valence-electron chi connectivity index (χ4n) is 4.15. The minimum atomic E-state index is -0.0691. The first-order chi connectivity index (χ1) is 12.3. The highest BCUT2D eigenvalue weighted by Gasteiger charge is 2.43. The van der Waals surface area contributed by atoms with Crippen molar-refractivity contribution in [3.8, 4) is 0 Å². The zero-order chi connectivity index (χ0) is 17.1. The number of anilines is 1. The highest BCUT2D eigenvalue weighted by Crippen LogP contribution is 2.39. The lowest BCUT2D eigenvalue weighted by molar-refractivity contribution is -0.116. The third kappa shape index (κ3) is 3.24. The third-order valence-electron chi connectivity index (χ3n) is 5.50. The standard InChI is InChI=1S/C22H24N2O/c25-21-12-7-13-22(24(21)20-10-5-2-6-11-20)14-16-23(17-15-22)18-19-8-3-1-4-9-19/h1-12H,13-18H2. The van der Waals surface area contributed by atoms with Crippen molar-refractivity contribution in [3.05, 3.63) is 78.4 Å². The molecule has 0 radical (unpaired) electrons. The van der Waals surface area contributed by atoms with Crippen molar-refractivity contribution in [2.75, 3.05) is 18.0 Å². The first-order valence-corrected chi connectivity index (χ1v) is 9.09. The average molecular weight is 332 g/mol. The molecular weight excluding hydrogens is 308 g/mol. The van der Waals surface area contributed by atoms with E-state index in [2.05, 4.69) is 53.4 Å². The van der Waals surface area contributed by atoms with E-state index in [0.29, 0.717) is 0 Å². The summed E-state index contributed by atoms with van der Waals surface area (Å²) in [6.07, 6.45) is 6.78. The van der Waals surface area contributed by atoms with Crippen LogP contribution in [0.2, 0.25) is 0 Å². The molecule has 1 spiro atoms. The number of benzene rings is 2. The smallest absolute Gasteiger partial charge is 0.251 e. The van der Waals surface area contributed by atoms with Gasteiger partial charge in [0.2, 0.25) is 0 Å². The second-order valence-electron chi connectivity index (χ2n) is 7.10. The number of rotatable bonds is 3. The van der Waals surface area contributed by atoms with E-state index in [0.717, 1.165) is 44.6 Å². The van der Waals surface area contributed by atoms with Crippen molar-refractivity contribution >= 4 is 11.6 Å². The van der Waals surface area contributed by atoms with E-state index in [-0.39, 0.29) is 11.4 Å². The predicted molar refractivity (Wildman–Crippen MR) is 101 cm³/mol. The van der Waals surface area contributed by atoms with E-state index in [4.69, 9.17) is 0 Å². The summed E-state index contributed by atoms with van der Waals surface area (Å²) >= 11 is 0. The van der Waals surface area contributed by atoms with E-state index in [1.807, 2.05) is 23.1 Å². The Kier molecular flexibility index (Phi) is 4.41. The molecule has 4 rings (SSSR count). The molecule has 3 nitrogen and oxygen atoms in total. The molecule has 2 aliphatic heterocycles. The van der Waals surface area contributed by atoms with Crippen LogP contribution in [0.15, 0.2) is 72.8 Å². The van der Waals surface area contributed by atoms with Crippen LogP contribution < -0.4 is 4.90 Å². The van der Waals surface area contributed by atoms with Crippen LogP contribution in [0.5, 0.6) is 0 Å². The molecule has 2 heterocycles. The molecule has 1 amide bonds. The number of likely N-dealkylation sites (tertiary alicyclic amines) is 1. The zero-order valence-corrected chi connectivity index (χ0v) is 14.5. The van der Waals surface area contributed by atoms with Gasteiger partial charge in [-0.1, -0.05) is 54.6 Å². The van der Waals surface area contributed by atoms with Gasteiger partial charge in [0.15, 0.2) is 0 Å². The fraction of sp³-hybridized carbons (Fsp3) is 0.318. The summed E-state index contributed by atoms with van der Waals surface area (Å²) in [5.41, 5.74) is 2.31. The number of para-hydroxylation sites is 1. The summed E-state index contributed by atoms with van der Waals surface area (Å²) in [6, 6.07) is 20.8. The van der Waals surface area contributed by atoms with Gasteiger partial charge in [-0.2, -0.15) is 0 Å². The molecule has 1 saturated heterocycles. The molecule has 2 aliphatic rings. The fourth-order valence-corrected chi connectivity index (χ4v) is 4.15. The average Bonchev–Trinajstić information content (AvgIpc) is 2.66. The quantitative estimate of drug-likeness (QED) is 0.848. The maximum atomic E-state index is 12.7. The Balaban J connectivity index is 1.52. The molecule has 25 heavy (non-hydrogen) atoms. The highest BCUT2D eigenvalue weighted by atomic mass is 16.2. The largest absolute Gasteiger partial charge is 0.302 e. The van der Waals surface area contributed by atoms with Gasteiger partial charge >= 0.3 is 0 Å². The Morgan fingerprint density at radius 1 is 0.880 bits per heavy atom. The van der Waals surface area contributed by atoms with Crippen LogP contribution in [0.3, 0.4) is 0 Å². The van der Waals surface area contributed by atoms with Gasteiger partial charge in [-0.3, -0.25) is 9.69 Å². The Labute approximate surface area is 149 Å². The van der Waals surface area contributed by atoms with Crippen molar-refractivity contribution < 1.29 is 4.79 Å². The number of hydrogen-bond donors (Lipinski definition) is 0. The molecule has 2 aromatic carbocycles. The molecule has 0 unspecified atom stereocenters. The highest BCUT2D eigenvalue weighted by molar-refractivity contribution is 6.03. The van der Waals surface area contributed by atoms with E-state index < -0.39 is 0 Å². The van der Waals surface area contributed by atoms with Crippen LogP contribution in [0.4, 0.5) is 5.69 Å². The molecule has 0 atom stereocenters.